The number of imidazole rings is 1. The van der Waals surface area contributed by atoms with Crippen molar-refractivity contribution in [1.29, 1.82) is 0 Å². The Hall–Kier alpha value is -1.55. The van der Waals surface area contributed by atoms with Crippen molar-refractivity contribution in [3.8, 4) is 5.75 Å². The zero-order valence-corrected chi connectivity index (χ0v) is 11.0. The maximum absolute atomic E-state index is 5.34. The van der Waals surface area contributed by atoms with Crippen molar-refractivity contribution in [2.24, 2.45) is 5.92 Å². The van der Waals surface area contributed by atoms with E-state index < -0.39 is 0 Å². The molecule has 0 aliphatic carbocycles. The van der Waals surface area contributed by atoms with Gasteiger partial charge in [-0.25, -0.2) is 4.98 Å². The molecule has 1 aliphatic rings. The minimum Gasteiger partial charge on any atom is -0.493 e. The first kappa shape index (κ1) is 11.5. The van der Waals surface area contributed by atoms with Crippen molar-refractivity contribution < 1.29 is 4.74 Å². The number of pyridine rings is 1. The predicted molar refractivity (Wildman–Crippen MR) is 71.1 cm³/mol. The Morgan fingerprint density at radius 3 is 3.11 bits per heavy atom. The van der Waals surface area contributed by atoms with Crippen LogP contribution in [0.25, 0.3) is 5.65 Å². The lowest BCUT2D eigenvalue weighted by Crippen LogP contribution is -2.15. The SMILES string of the molecule is COc1cccn2cc(CC3CCN(C)C3)nc12. The molecule has 18 heavy (non-hydrogen) atoms. The van der Waals surface area contributed by atoms with Crippen LogP contribution in [0.4, 0.5) is 0 Å². The molecule has 1 fully saturated rings. The Bertz CT molecular complexity index is 549. The first-order chi connectivity index (χ1) is 8.76. The molecule has 4 nitrogen and oxygen atoms in total. The fourth-order valence-corrected chi connectivity index (χ4v) is 2.78. The van der Waals surface area contributed by atoms with Crippen LogP contribution >= 0.6 is 0 Å². The second-order valence-electron chi connectivity index (χ2n) is 5.16. The van der Waals surface area contributed by atoms with Crippen LogP contribution < -0.4 is 4.74 Å². The fourth-order valence-electron chi connectivity index (χ4n) is 2.78. The highest BCUT2D eigenvalue weighted by Gasteiger charge is 2.20. The smallest absolute Gasteiger partial charge is 0.179 e. The quantitative estimate of drug-likeness (QED) is 0.826. The summed E-state index contributed by atoms with van der Waals surface area (Å²) in [6.45, 7) is 2.40. The normalized spacial score (nSPS) is 20.7. The number of fused-ring (bicyclic) bond motifs is 1. The molecule has 0 radical (unpaired) electrons. The van der Waals surface area contributed by atoms with Crippen molar-refractivity contribution in [3.05, 3.63) is 30.2 Å². The first-order valence-corrected chi connectivity index (χ1v) is 6.45. The predicted octanol–water partition coefficient (Wildman–Crippen LogP) is 1.84. The number of rotatable bonds is 3. The Kier molecular flexibility index (Phi) is 2.96. The molecule has 3 rings (SSSR count). The maximum atomic E-state index is 5.34. The topological polar surface area (TPSA) is 29.8 Å². The Balaban J connectivity index is 1.85. The van der Waals surface area contributed by atoms with Crippen LogP contribution in [-0.2, 0) is 6.42 Å². The van der Waals surface area contributed by atoms with E-state index in [-0.39, 0.29) is 0 Å². The lowest BCUT2D eigenvalue weighted by Gasteiger charge is -2.07. The van der Waals surface area contributed by atoms with Gasteiger partial charge in [-0.3, -0.25) is 0 Å². The van der Waals surface area contributed by atoms with Crippen molar-refractivity contribution in [3.63, 3.8) is 0 Å². The molecule has 2 aromatic rings. The van der Waals surface area contributed by atoms with E-state index in [4.69, 9.17) is 9.72 Å². The number of nitrogens with zero attached hydrogens (tertiary/aromatic N) is 3. The van der Waals surface area contributed by atoms with E-state index in [0.29, 0.717) is 0 Å². The van der Waals surface area contributed by atoms with Crippen LogP contribution in [-0.4, -0.2) is 41.5 Å². The number of ether oxygens (including phenoxy) is 1. The summed E-state index contributed by atoms with van der Waals surface area (Å²) in [6.07, 6.45) is 6.49. The standard InChI is InChI=1S/C14H19N3O/c1-16-7-5-11(9-16)8-12-10-17-6-3-4-13(18-2)14(17)15-12/h3-4,6,10-11H,5,7-9H2,1-2H3. The molecule has 0 bridgehead atoms. The molecule has 1 unspecified atom stereocenters. The summed E-state index contributed by atoms with van der Waals surface area (Å²) in [5.74, 6) is 1.58. The minimum atomic E-state index is 0.742. The van der Waals surface area contributed by atoms with Crippen molar-refractivity contribution in [2.75, 3.05) is 27.2 Å². The highest BCUT2D eigenvalue weighted by Crippen LogP contribution is 2.22. The van der Waals surface area contributed by atoms with Gasteiger partial charge in [0, 0.05) is 18.9 Å². The Labute approximate surface area is 107 Å². The van der Waals surface area contributed by atoms with E-state index in [9.17, 15) is 0 Å². The Morgan fingerprint density at radius 2 is 2.39 bits per heavy atom. The summed E-state index contributed by atoms with van der Waals surface area (Å²) in [4.78, 5) is 7.08. The lowest BCUT2D eigenvalue weighted by molar-refractivity contribution is 0.394. The largest absolute Gasteiger partial charge is 0.493 e. The molecule has 1 aliphatic heterocycles. The fraction of sp³-hybridized carbons (Fsp3) is 0.500. The van der Waals surface area contributed by atoms with Crippen molar-refractivity contribution in [2.45, 2.75) is 12.8 Å². The molecular weight excluding hydrogens is 226 g/mol. The van der Waals surface area contributed by atoms with Gasteiger partial charge in [-0.15, -0.1) is 0 Å². The maximum Gasteiger partial charge on any atom is 0.179 e. The molecule has 0 saturated carbocycles. The zero-order valence-electron chi connectivity index (χ0n) is 11.0. The molecule has 0 amide bonds. The van der Waals surface area contributed by atoms with E-state index in [1.165, 1.54) is 25.2 Å². The van der Waals surface area contributed by atoms with Crippen molar-refractivity contribution >= 4 is 5.65 Å². The molecular formula is C14H19N3O. The van der Waals surface area contributed by atoms with E-state index in [2.05, 4.69) is 18.1 Å². The molecule has 1 atom stereocenters. The number of aromatic nitrogens is 2. The zero-order chi connectivity index (χ0) is 12.5. The summed E-state index contributed by atoms with van der Waals surface area (Å²) in [5, 5.41) is 0. The van der Waals surface area contributed by atoms with E-state index in [0.717, 1.165) is 23.7 Å². The number of hydrogen-bond acceptors (Lipinski definition) is 3. The van der Waals surface area contributed by atoms with Crippen LogP contribution in [0.15, 0.2) is 24.5 Å². The first-order valence-electron chi connectivity index (χ1n) is 6.45. The minimum absolute atomic E-state index is 0.742. The van der Waals surface area contributed by atoms with Gasteiger partial charge in [0.2, 0.25) is 0 Å². The molecule has 0 spiro atoms. The highest BCUT2D eigenvalue weighted by atomic mass is 16.5. The average Bonchev–Trinajstić information content (AvgIpc) is 2.94. The molecule has 2 aromatic heterocycles. The van der Waals surface area contributed by atoms with E-state index in [1.54, 1.807) is 7.11 Å². The van der Waals surface area contributed by atoms with Gasteiger partial charge in [0.15, 0.2) is 11.4 Å². The Morgan fingerprint density at radius 1 is 1.50 bits per heavy atom. The third-order valence-electron chi connectivity index (χ3n) is 3.70. The number of methoxy groups -OCH3 is 1. The van der Waals surface area contributed by atoms with Crippen LogP contribution in [0.1, 0.15) is 12.1 Å². The monoisotopic (exact) mass is 245 g/mol. The summed E-state index contributed by atoms with van der Waals surface area (Å²) >= 11 is 0. The molecule has 4 heteroatoms. The van der Waals surface area contributed by atoms with E-state index >= 15 is 0 Å². The average molecular weight is 245 g/mol. The molecule has 3 heterocycles. The second-order valence-corrected chi connectivity index (χ2v) is 5.16. The van der Waals surface area contributed by atoms with Gasteiger partial charge in [0.05, 0.1) is 12.8 Å². The van der Waals surface area contributed by atoms with Gasteiger partial charge in [-0.05, 0) is 44.5 Å². The van der Waals surface area contributed by atoms with E-state index in [1.807, 2.05) is 22.7 Å². The van der Waals surface area contributed by atoms with Gasteiger partial charge in [-0.2, -0.15) is 0 Å². The van der Waals surface area contributed by atoms with Crippen LogP contribution in [0.2, 0.25) is 0 Å². The summed E-state index contributed by atoms with van der Waals surface area (Å²) in [7, 11) is 3.88. The highest BCUT2D eigenvalue weighted by molar-refractivity contribution is 5.54. The lowest BCUT2D eigenvalue weighted by atomic mass is 10.0. The number of hydrogen-bond donors (Lipinski definition) is 0. The van der Waals surface area contributed by atoms with Gasteiger partial charge < -0.3 is 14.0 Å². The molecule has 0 N–H and O–H groups in total. The number of likely N-dealkylation sites (tertiary alicyclic amines) is 1. The summed E-state index contributed by atoms with van der Waals surface area (Å²) in [6, 6.07) is 3.94. The van der Waals surface area contributed by atoms with Crippen molar-refractivity contribution in [1.82, 2.24) is 14.3 Å². The van der Waals surface area contributed by atoms with Gasteiger partial charge in [0.1, 0.15) is 0 Å². The second kappa shape index (κ2) is 4.61. The van der Waals surface area contributed by atoms with Crippen LogP contribution in [0.3, 0.4) is 0 Å². The third kappa shape index (κ3) is 2.08. The molecule has 96 valence electrons. The van der Waals surface area contributed by atoms with Gasteiger partial charge in [-0.1, -0.05) is 0 Å². The molecule has 0 aromatic carbocycles. The third-order valence-corrected chi connectivity index (χ3v) is 3.70. The summed E-state index contributed by atoms with van der Waals surface area (Å²) < 4.78 is 7.38. The molecule has 1 saturated heterocycles. The van der Waals surface area contributed by atoms with Gasteiger partial charge >= 0.3 is 0 Å². The summed E-state index contributed by atoms with van der Waals surface area (Å²) in [5.41, 5.74) is 2.08. The van der Waals surface area contributed by atoms with Crippen LogP contribution in [0.5, 0.6) is 5.75 Å². The van der Waals surface area contributed by atoms with Crippen LogP contribution in [0, 0.1) is 5.92 Å². The van der Waals surface area contributed by atoms with Gasteiger partial charge in [0.25, 0.3) is 0 Å².